The summed E-state index contributed by atoms with van der Waals surface area (Å²) in [5.41, 5.74) is 2.28. The monoisotopic (exact) mass is 303 g/mol. The number of rotatable bonds is 5. The van der Waals surface area contributed by atoms with E-state index in [1.54, 1.807) is 18.2 Å². The zero-order valence-corrected chi connectivity index (χ0v) is 12.9. The molecule has 0 fully saturated rings. The number of aryl methyl sites for hydroxylation is 1. The molecule has 3 nitrogen and oxygen atoms in total. The number of hydrogen-bond acceptors (Lipinski definition) is 2. The van der Waals surface area contributed by atoms with Gasteiger partial charge < -0.3 is 10.1 Å². The standard InChI is InChI=1S/C17H18ClNO2/c1-3-9-21-16-8-7-13(18)11-15(16)17(20)19-14-6-4-5-12(2)10-14/h4-8,10-11H,3,9H2,1-2H3,(H,19,20). The number of carbonyl (C=O) groups excluding carboxylic acids is 1. The molecule has 0 aliphatic rings. The molecule has 1 amide bonds. The van der Waals surface area contributed by atoms with E-state index < -0.39 is 0 Å². The maximum absolute atomic E-state index is 12.4. The molecule has 1 N–H and O–H groups in total. The van der Waals surface area contributed by atoms with E-state index in [1.165, 1.54) is 0 Å². The largest absolute Gasteiger partial charge is 0.493 e. The minimum absolute atomic E-state index is 0.228. The summed E-state index contributed by atoms with van der Waals surface area (Å²) >= 11 is 5.99. The Morgan fingerprint density at radius 3 is 2.76 bits per heavy atom. The molecule has 0 unspecified atom stereocenters. The summed E-state index contributed by atoms with van der Waals surface area (Å²) in [7, 11) is 0. The summed E-state index contributed by atoms with van der Waals surface area (Å²) in [5, 5.41) is 3.37. The minimum atomic E-state index is -0.228. The van der Waals surface area contributed by atoms with Gasteiger partial charge in [0.15, 0.2) is 0 Å². The number of halogens is 1. The average Bonchev–Trinajstić information content (AvgIpc) is 2.46. The first-order valence-corrected chi connectivity index (χ1v) is 7.28. The number of carbonyl (C=O) groups is 1. The smallest absolute Gasteiger partial charge is 0.259 e. The Morgan fingerprint density at radius 2 is 2.05 bits per heavy atom. The van der Waals surface area contributed by atoms with E-state index in [9.17, 15) is 4.79 Å². The summed E-state index contributed by atoms with van der Waals surface area (Å²) in [6.07, 6.45) is 0.877. The van der Waals surface area contributed by atoms with Crippen molar-refractivity contribution in [3.05, 3.63) is 58.6 Å². The first kappa shape index (κ1) is 15.4. The van der Waals surface area contributed by atoms with Crippen LogP contribution in [0, 0.1) is 6.92 Å². The quantitative estimate of drug-likeness (QED) is 0.870. The van der Waals surface area contributed by atoms with Gasteiger partial charge in [-0.3, -0.25) is 4.79 Å². The Hall–Kier alpha value is -2.00. The van der Waals surface area contributed by atoms with Gasteiger partial charge in [0.1, 0.15) is 5.75 Å². The van der Waals surface area contributed by atoms with E-state index in [0.717, 1.165) is 17.7 Å². The zero-order chi connectivity index (χ0) is 15.2. The van der Waals surface area contributed by atoms with Crippen molar-refractivity contribution in [3.63, 3.8) is 0 Å². The Bertz CT molecular complexity index is 640. The number of benzene rings is 2. The average molecular weight is 304 g/mol. The highest BCUT2D eigenvalue weighted by Gasteiger charge is 2.13. The maximum Gasteiger partial charge on any atom is 0.259 e. The van der Waals surface area contributed by atoms with Crippen molar-refractivity contribution in [2.75, 3.05) is 11.9 Å². The normalized spacial score (nSPS) is 10.2. The molecular weight excluding hydrogens is 286 g/mol. The fourth-order valence-electron chi connectivity index (χ4n) is 1.94. The summed E-state index contributed by atoms with van der Waals surface area (Å²) in [6, 6.07) is 12.7. The van der Waals surface area contributed by atoms with Crippen LogP contribution in [0.5, 0.6) is 5.75 Å². The molecule has 0 saturated carbocycles. The Morgan fingerprint density at radius 1 is 1.24 bits per heavy atom. The number of amides is 1. The molecule has 0 saturated heterocycles. The Labute approximate surface area is 129 Å². The van der Waals surface area contributed by atoms with Crippen molar-refractivity contribution in [2.24, 2.45) is 0 Å². The topological polar surface area (TPSA) is 38.3 Å². The van der Waals surface area contributed by atoms with Crippen LogP contribution in [0.2, 0.25) is 5.02 Å². The van der Waals surface area contributed by atoms with Gasteiger partial charge in [0.25, 0.3) is 5.91 Å². The molecule has 0 heterocycles. The van der Waals surface area contributed by atoms with E-state index in [4.69, 9.17) is 16.3 Å². The second-order valence-corrected chi connectivity index (χ2v) is 5.25. The van der Waals surface area contributed by atoms with Gasteiger partial charge in [0.2, 0.25) is 0 Å². The maximum atomic E-state index is 12.4. The van der Waals surface area contributed by atoms with Gasteiger partial charge in [-0.1, -0.05) is 30.7 Å². The van der Waals surface area contributed by atoms with Gasteiger partial charge in [-0.05, 0) is 49.2 Å². The van der Waals surface area contributed by atoms with Gasteiger partial charge in [0, 0.05) is 10.7 Å². The summed E-state index contributed by atoms with van der Waals surface area (Å²) in [4.78, 5) is 12.4. The zero-order valence-electron chi connectivity index (χ0n) is 12.2. The number of nitrogens with one attached hydrogen (secondary N) is 1. The first-order chi connectivity index (χ1) is 10.1. The van der Waals surface area contributed by atoms with Gasteiger partial charge in [-0.15, -0.1) is 0 Å². The van der Waals surface area contributed by atoms with E-state index in [-0.39, 0.29) is 5.91 Å². The molecule has 0 aliphatic heterocycles. The number of hydrogen-bond donors (Lipinski definition) is 1. The molecule has 0 bridgehead atoms. The van der Waals surface area contributed by atoms with Crippen LogP contribution in [0.1, 0.15) is 29.3 Å². The molecule has 0 aromatic heterocycles. The third-order valence-corrected chi connectivity index (χ3v) is 3.16. The predicted octanol–water partition coefficient (Wildman–Crippen LogP) is 4.69. The van der Waals surface area contributed by atoms with Crippen molar-refractivity contribution in [1.29, 1.82) is 0 Å². The van der Waals surface area contributed by atoms with Crippen LogP contribution in [0.3, 0.4) is 0 Å². The Kier molecular flexibility index (Phi) is 5.23. The number of anilines is 1. The van der Waals surface area contributed by atoms with Crippen molar-refractivity contribution >= 4 is 23.2 Å². The van der Waals surface area contributed by atoms with Crippen LogP contribution < -0.4 is 10.1 Å². The second kappa shape index (κ2) is 7.14. The van der Waals surface area contributed by atoms with Crippen molar-refractivity contribution in [3.8, 4) is 5.75 Å². The fraction of sp³-hybridized carbons (Fsp3) is 0.235. The lowest BCUT2D eigenvalue weighted by Gasteiger charge is -2.12. The molecule has 110 valence electrons. The fourth-order valence-corrected chi connectivity index (χ4v) is 2.11. The molecule has 4 heteroatoms. The SMILES string of the molecule is CCCOc1ccc(Cl)cc1C(=O)Nc1cccc(C)c1. The molecule has 2 rings (SSSR count). The summed E-state index contributed by atoms with van der Waals surface area (Å²) < 4.78 is 5.60. The van der Waals surface area contributed by atoms with Crippen molar-refractivity contribution in [1.82, 2.24) is 0 Å². The highest BCUT2D eigenvalue weighted by Crippen LogP contribution is 2.24. The Balaban J connectivity index is 2.23. The van der Waals surface area contributed by atoms with Crippen LogP contribution in [0.15, 0.2) is 42.5 Å². The van der Waals surface area contributed by atoms with Crippen molar-refractivity contribution < 1.29 is 9.53 Å². The highest BCUT2D eigenvalue weighted by molar-refractivity contribution is 6.31. The molecule has 2 aromatic rings. The van der Waals surface area contributed by atoms with Gasteiger partial charge in [-0.25, -0.2) is 0 Å². The van der Waals surface area contributed by atoms with Gasteiger partial charge in [-0.2, -0.15) is 0 Å². The van der Waals surface area contributed by atoms with Crippen LogP contribution >= 0.6 is 11.6 Å². The van der Waals surface area contributed by atoms with Gasteiger partial charge in [0.05, 0.1) is 12.2 Å². The van der Waals surface area contributed by atoms with Crippen LogP contribution in [0.4, 0.5) is 5.69 Å². The summed E-state index contributed by atoms with van der Waals surface area (Å²) in [6.45, 7) is 4.56. The second-order valence-electron chi connectivity index (χ2n) is 4.81. The van der Waals surface area contributed by atoms with E-state index in [1.807, 2.05) is 38.1 Å². The van der Waals surface area contributed by atoms with Gasteiger partial charge >= 0.3 is 0 Å². The van der Waals surface area contributed by atoms with Crippen molar-refractivity contribution in [2.45, 2.75) is 20.3 Å². The number of ether oxygens (including phenoxy) is 1. The molecule has 0 spiro atoms. The lowest BCUT2D eigenvalue weighted by atomic mass is 10.1. The third-order valence-electron chi connectivity index (χ3n) is 2.92. The third kappa shape index (κ3) is 4.23. The highest BCUT2D eigenvalue weighted by atomic mass is 35.5. The first-order valence-electron chi connectivity index (χ1n) is 6.90. The lowest BCUT2D eigenvalue weighted by Crippen LogP contribution is -2.14. The van der Waals surface area contributed by atoms with Crippen LogP contribution in [0.25, 0.3) is 0 Å². The van der Waals surface area contributed by atoms with E-state index in [2.05, 4.69) is 5.32 Å². The molecule has 2 aromatic carbocycles. The molecular formula is C17H18ClNO2. The van der Waals surface area contributed by atoms with E-state index in [0.29, 0.717) is 22.9 Å². The molecule has 0 atom stereocenters. The van der Waals surface area contributed by atoms with Crippen LogP contribution in [-0.2, 0) is 0 Å². The minimum Gasteiger partial charge on any atom is -0.493 e. The molecule has 0 aliphatic carbocycles. The summed E-state index contributed by atoms with van der Waals surface area (Å²) in [5.74, 6) is 0.320. The van der Waals surface area contributed by atoms with Crippen LogP contribution in [-0.4, -0.2) is 12.5 Å². The molecule has 0 radical (unpaired) electrons. The molecule has 21 heavy (non-hydrogen) atoms. The lowest BCUT2D eigenvalue weighted by molar-refractivity contribution is 0.102. The predicted molar refractivity (Wildman–Crippen MR) is 86.4 cm³/mol. The van der Waals surface area contributed by atoms with E-state index >= 15 is 0 Å².